The summed E-state index contributed by atoms with van der Waals surface area (Å²) in [7, 11) is 1.56. The van der Waals surface area contributed by atoms with E-state index >= 15 is 0 Å². The number of nitrogens with zero attached hydrogens (tertiary/aromatic N) is 2. The molecule has 1 atom stereocenters. The smallest absolute Gasteiger partial charge is 0.241 e. The van der Waals surface area contributed by atoms with Crippen LogP contribution in [0, 0.1) is 0 Å². The normalized spacial score (nSPS) is 16.4. The lowest BCUT2D eigenvalue weighted by molar-refractivity contribution is -0.124. The molecule has 0 aliphatic carbocycles. The van der Waals surface area contributed by atoms with Gasteiger partial charge in [-0.25, -0.2) is 0 Å². The standard InChI is InChI=1S/C20H31ClN4O3/c1-4-5-8-22-19(26)14-24-9-11-25(12-10-24)15(2)20(27)23-17-13-16(21)6-7-18(17)28-3/h6-7,13,15H,4-5,8-12,14H2,1-3H3,(H,22,26)(H,23,27)/t15-/m1/s1. The molecule has 28 heavy (non-hydrogen) atoms. The fourth-order valence-corrected chi connectivity index (χ4v) is 3.33. The molecule has 1 fully saturated rings. The van der Waals surface area contributed by atoms with Crippen molar-refractivity contribution in [2.45, 2.75) is 32.7 Å². The molecular weight excluding hydrogens is 380 g/mol. The van der Waals surface area contributed by atoms with Crippen LogP contribution in [0.3, 0.4) is 0 Å². The molecule has 1 aromatic carbocycles. The van der Waals surface area contributed by atoms with E-state index in [1.54, 1.807) is 25.3 Å². The highest BCUT2D eigenvalue weighted by Crippen LogP contribution is 2.28. The molecule has 0 bridgehead atoms. The summed E-state index contributed by atoms with van der Waals surface area (Å²) in [6.07, 6.45) is 2.07. The number of carbonyl (C=O) groups is 2. The largest absolute Gasteiger partial charge is 0.495 e. The maximum Gasteiger partial charge on any atom is 0.241 e. The molecular formula is C20H31ClN4O3. The Morgan fingerprint density at radius 1 is 1.25 bits per heavy atom. The van der Waals surface area contributed by atoms with Gasteiger partial charge in [-0.15, -0.1) is 0 Å². The number of hydrogen-bond acceptors (Lipinski definition) is 5. The molecule has 1 aliphatic heterocycles. The van der Waals surface area contributed by atoms with E-state index in [1.165, 1.54) is 0 Å². The molecule has 0 aromatic heterocycles. The summed E-state index contributed by atoms with van der Waals surface area (Å²) in [4.78, 5) is 28.9. The fourth-order valence-electron chi connectivity index (χ4n) is 3.15. The second-order valence-corrected chi connectivity index (χ2v) is 7.46. The van der Waals surface area contributed by atoms with Crippen LogP contribution in [0.25, 0.3) is 0 Å². The van der Waals surface area contributed by atoms with Gasteiger partial charge in [0.2, 0.25) is 11.8 Å². The zero-order valence-corrected chi connectivity index (χ0v) is 17.7. The van der Waals surface area contributed by atoms with E-state index in [0.29, 0.717) is 23.0 Å². The first-order valence-electron chi connectivity index (χ1n) is 9.82. The summed E-state index contributed by atoms with van der Waals surface area (Å²) in [6.45, 7) is 8.15. The predicted molar refractivity (Wildman–Crippen MR) is 112 cm³/mol. The first-order valence-corrected chi connectivity index (χ1v) is 10.2. The van der Waals surface area contributed by atoms with Gasteiger partial charge in [0.25, 0.3) is 0 Å². The second kappa shape index (κ2) is 11.2. The number of anilines is 1. The third kappa shape index (κ3) is 6.65. The number of ether oxygens (including phenoxy) is 1. The number of benzene rings is 1. The zero-order chi connectivity index (χ0) is 20.5. The highest BCUT2D eigenvalue weighted by molar-refractivity contribution is 6.31. The van der Waals surface area contributed by atoms with E-state index in [-0.39, 0.29) is 17.9 Å². The van der Waals surface area contributed by atoms with Gasteiger partial charge in [0.05, 0.1) is 25.4 Å². The van der Waals surface area contributed by atoms with Gasteiger partial charge in [-0.1, -0.05) is 24.9 Å². The average Bonchev–Trinajstić information content (AvgIpc) is 2.68. The summed E-state index contributed by atoms with van der Waals surface area (Å²) in [6, 6.07) is 4.84. The number of amides is 2. The molecule has 0 radical (unpaired) electrons. The van der Waals surface area contributed by atoms with Gasteiger partial charge in [-0.3, -0.25) is 19.4 Å². The Balaban J connectivity index is 1.81. The van der Waals surface area contributed by atoms with Gasteiger partial charge in [-0.2, -0.15) is 0 Å². The predicted octanol–water partition coefficient (Wildman–Crippen LogP) is 2.21. The topological polar surface area (TPSA) is 73.9 Å². The van der Waals surface area contributed by atoms with Crippen molar-refractivity contribution in [2.24, 2.45) is 0 Å². The molecule has 2 rings (SSSR count). The first kappa shape index (κ1) is 22.5. The Morgan fingerprint density at radius 3 is 2.61 bits per heavy atom. The van der Waals surface area contributed by atoms with Crippen molar-refractivity contribution in [1.29, 1.82) is 0 Å². The van der Waals surface area contributed by atoms with Crippen molar-refractivity contribution < 1.29 is 14.3 Å². The fraction of sp³-hybridized carbons (Fsp3) is 0.600. The second-order valence-electron chi connectivity index (χ2n) is 7.03. The third-order valence-corrected chi connectivity index (χ3v) is 5.21. The van der Waals surface area contributed by atoms with Crippen molar-refractivity contribution in [2.75, 3.05) is 51.7 Å². The number of piperazine rings is 1. The van der Waals surface area contributed by atoms with Gasteiger partial charge in [0.15, 0.2) is 0 Å². The van der Waals surface area contributed by atoms with Gasteiger partial charge < -0.3 is 15.4 Å². The Kier molecular flexibility index (Phi) is 9.02. The van der Waals surface area contributed by atoms with Crippen LogP contribution in [-0.4, -0.2) is 74.0 Å². The summed E-state index contributed by atoms with van der Waals surface area (Å²) in [5.41, 5.74) is 0.564. The van der Waals surface area contributed by atoms with Gasteiger partial charge in [0.1, 0.15) is 5.75 Å². The molecule has 2 N–H and O–H groups in total. The Bertz CT molecular complexity index is 663. The lowest BCUT2D eigenvalue weighted by Crippen LogP contribution is -2.54. The zero-order valence-electron chi connectivity index (χ0n) is 17.0. The van der Waals surface area contributed by atoms with Crippen LogP contribution in [0.15, 0.2) is 18.2 Å². The molecule has 1 saturated heterocycles. The minimum absolute atomic E-state index is 0.0701. The molecule has 1 aliphatic rings. The van der Waals surface area contributed by atoms with Crippen LogP contribution in [0.1, 0.15) is 26.7 Å². The van der Waals surface area contributed by atoms with E-state index in [9.17, 15) is 9.59 Å². The van der Waals surface area contributed by atoms with Crippen molar-refractivity contribution >= 4 is 29.1 Å². The molecule has 156 valence electrons. The highest BCUT2D eigenvalue weighted by atomic mass is 35.5. The molecule has 0 saturated carbocycles. The van der Waals surface area contributed by atoms with Crippen molar-refractivity contribution in [3.63, 3.8) is 0 Å². The van der Waals surface area contributed by atoms with Crippen LogP contribution in [0.2, 0.25) is 5.02 Å². The summed E-state index contributed by atoms with van der Waals surface area (Å²) in [5, 5.41) is 6.39. The van der Waals surface area contributed by atoms with E-state index < -0.39 is 0 Å². The van der Waals surface area contributed by atoms with Crippen LogP contribution in [-0.2, 0) is 9.59 Å². The van der Waals surface area contributed by atoms with Crippen molar-refractivity contribution in [3.8, 4) is 5.75 Å². The van der Waals surface area contributed by atoms with E-state index in [2.05, 4.69) is 27.4 Å². The average molecular weight is 411 g/mol. The van der Waals surface area contributed by atoms with Crippen molar-refractivity contribution in [3.05, 3.63) is 23.2 Å². The lowest BCUT2D eigenvalue weighted by atomic mass is 10.2. The molecule has 1 aromatic rings. The van der Waals surface area contributed by atoms with Crippen LogP contribution >= 0.6 is 11.6 Å². The van der Waals surface area contributed by atoms with Gasteiger partial charge >= 0.3 is 0 Å². The molecule has 1 heterocycles. The van der Waals surface area contributed by atoms with Gasteiger partial charge in [-0.05, 0) is 31.5 Å². The number of unbranched alkanes of at least 4 members (excludes halogenated alkanes) is 1. The summed E-state index contributed by atoms with van der Waals surface area (Å²) in [5.74, 6) is 0.538. The molecule has 2 amide bonds. The third-order valence-electron chi connectivity index (χ3n) is 4.97. The number of rotatable bonds is 9. The van der Waals surface area contributed by atoms with E-state index in [4.69, 9.17) is 16.3 Å². The van der Waals surface area contributed by atoms with Crippen LogP contribution in [0.5, 0.6) is 5.75 Å². The minimum Gasteiger partial charge on any atom is -0.495 e. The van der Waals surface area contributed by atoms with E-state index in [1.807, 2.05) is 6.92 Å². The highest BCUT2D eigenvalue weighted by Gasteiger charge is 2.26. The molecule has 0 spiro atoms. The molecule has 0 unspecified atom stereocenters. The molecule has 7 nitrogen and oxygen atoms in total. The minimum atomic E-state index is -0.288. The molecule has 8 heteroatoms. The Labute approximate surface area is 172 Å². The van der Waals surface area contributed by atoms with Crippen LogP contribution in [0.4, 0.5) is 5.69 Å². The SMILES string of the molecule is CCCCNC(=O)CN1CCN([C@H](C)C(=O)Nc2cc(Cl)ccc2OC)CC1. The van der Waals surface area contributed by atoms with Gasteiger partial charge in [0, 0.05) is 37.7 Å². The number of halogens is 1. The lowest BCUT2D eigenvalue weighted by Gasteiger charge is -2.37. The summed E-state index contributed by atoms with van der Waals surface area (Å²) >= 11 is 6.03. The Morgan fingerprint density at radius 2 is 1.96 bits per heavy atom. The summed E-state index contributed by atoms with van der Waals surface area (Å²) < 4.78 is 5.28. The number of methoxy groups -OCH3 is 1. The van der Waals surface area contributed by atoms with Crippen LogP contribution < -0.4 is 15.4 Å². The monoisotopic (exact) mass is 410 g/mol. The first-order chi connectivity index (χ1) is 13.4. The maximum absolute atomic E-state index is 12.7. The maximum atomic E-state index is 12.7. The number of carbonyl (C=O) groups excluding carboxylic acids is 2. The quantitative estimate of drug-likeness (QED) is 0.610. The van der Waals surface area contributed by atoms with E-state index in [0.717, 1.165) is 45.6 Å². The van der Waals surface area contributed by atoms with Crippen molar-refractivity contribution in [1.82, 2.24) is 15.1 Å². The number of hydrogen-bond donors (Lipinski definition) is 2. The Hall–Kier alpha value is -1.83. The number of nitrogens with one attached hydrogen (secondary N) is 2.